The van der Waals surface area contributed by atoms with Crippen molar-refractivity contribution in [3.05, 3.63) is 89.0 Å². The summed E-state index contributed by atoms with van der Waals surface area (Å²) in [5.41, 5.74) is 8.34. The minimum Gasteiger partial charge on any atom is -0.497 e. The van der Waals surface area contributed by atoms with Gasteiger partial charge in [0.05, 0.1) is 18.6 Å². The zero-order chi connectivity index (χ0) is 29.1. The van der Waals surface area contributed by atoms with Gasteiger partial charge in [0, 0.05) is 37.7 Å². The molecule has 216 valence electrons. The van der Waals surface area contributed by atoms with Crippen LogP contribution >= 0.6 is 0 Å². The lowest BCUT2D eigenvalue weighted by atomic mass is 9.60. The Morgan fingerprint density at radius 1 is 1.05 bits per heavy atom. The molecule has 0 fully saturated rings. The highest BCUT2D eigenvalue weighted by Gasteiger charge is 2.50. The Kier molecular flexibility index (Phi) is 11.5. The first kappa shape index (κ1) is 31.1. The summed E-state index contributed by atoms with van der Waals surface area (Å²) in [6.07, 6.45) is 5.06. The van der Waals surface area contributed by atoms with Crippen LogP contribution in [0.15, 0.2) is 77.9 Å². The molecule has 0 radical (unpaired) electrons. The maximum absolute atomic E-state index is 13.6. The molecule has 0 aliphatic heterocycles. The van der Waals surface area contributed by atoms with Crippen molar-refractivity contribution < 1.29 is 19.4 Å². The van der Waals surface area contributed by atoms with Crippen LogP contribution in [0.4, 0.5) is 0 Å². The molecule has 0 saturated carbocycles. The number of hydrogen-bond donors (Lipinski definition) is 3. The fraction of sp³-hybridized carbons (Fsp3) is 0.455. The second kappa shape index (κ2) is 14.8. The molecule has 2 aromatic carbocycles. The van der Waals surface area contributed by atoms with Crippen molar-refractivity contribution in [2.45, 2.75) is 59.1 Å². The van der Waals surface area contributed by atoms with Gasteiger partial charge in [0.1, 0.15) is 5.75 Å². The second-order valence-corrected chi connectivity index (χ2v) is 10.7. The standard InChI is InChI=1S/C33H45N3O4/c1-5-17-36(18-6-2)31(38)27-16-15-24(3)33(21-27,32(34)39)29(20-25-11-8-7-9-12-25)30(37)23-35-22-26-13-10-14-28(19-26)40-4/h7-16,19,29-30,35,37H,5-6,17-18,20-23H2,1-4H3,(H2,34,39). The molecule has 3 rings (SSSR count). The molecule has 2 amide bonds. The summed E-state index contributed by atoms with van der Waals surface area (Å²) in [7, 11) is 1.63. The van der Waals surface area contributed by atoms with Gasteiger partial charge in [-0.1, -0.05) is 74.0 Å². The van der Waals surface area contributed by atoms with E-state index in [1.54, 1.807) is 7.11 Å². The van der Waals surface area contributed by atoms with Gasteiger partial charge in [-0.3, -0.25) is 9.59 Å². The highest BCUT2D eigenvalue weighted by Crippen LogP contribution is 2.47. The molecule has 3 unspecified atom stereocenters. The maximum Gasteiger partial charge on any atom is 0.249 e. The molecule has 0 bridgehead atoms. The number of carbonyl (C=O) groups is 2. The van der Waals surface area contributed by atoms with E-state index in [0.717, 1.165) is 35.3 Å². The number of aliphatic hydroxyl groups is 1. The minimum absolute atomic E-state index is 0.0674. The van der Waals surface area contributed by atoms with E-state index in [-0.39, 0.29) is 18.9 Å². The van der Waals surface area contributed by atoms with E-state index in [2.05, 4.69) is 5.32 Å². The van der Waals surface area contributed by atoms with Crippen molar-refractivity contribution in [3.63, 3.8) is 0 Å². The lowest BCUT2D eigenvalue weighted by molar-refractivity contribution is -0.132. The summed E-state index contributed by atoms with van der Waals surface area (Å²) < 4.78 is 5.32. The molecule has 1 aliphatic rings. The Balaban J connectivity index is 1.92. The predicted octanol–water partition coefficient (Wildman–Crippen LogP) is 4.40. The summed E-state index contributed by atoms with van der Waals surface area (Å²) in [6, 6.07) is 17.6. The van der Waals surface area contributed by atoms with Crippen molar-refractivity contribution in [1.29, 1.82) is 0 Å². The number of methoxy groups -OCH3 is 1. The third-order valence-corrected chi connectivity index (χ3v) is 7.91. The van der Waals surface area contributed by atoms with E-state index in [1.165, 1.54) is 0 Å². The third kappa shape index (κ3) is 7.40. The monoisotopic (exact) mass is 547 g/mol. The Bertz CT molecular complexity index is 1190. The van der Waals surface area contributed by atoms with Gasteiger partial charge in [0.2, 0.25) is 11.8 Å². The van der Waals surface area contributed by atoms with Crippen LogP contribution in [-0.4, -0.2) is 54.7 Å². The van der Waals surface area contributed by atoms with E-state index < -0.39 is 23.3 Å². The Morgan fingerprint density at radius 3 is 2.35 bits per heavy atom. The Hall–Kier alpha value is -3.42. The summed E-state index contributed by atoms with van der Waals surface area (Å²) in [5, 5.41) is 15.0. The van der Waals surface area contributed by atoms with Crippen molar-refractivity contribution in [2.75, 3.05) is 26.7 Å². The van der Waals surface area contributed by atoms with E-state index in [1.807, 2.05) is 92.4 Å². The number of benzene rings is 2. The van der Waals surface area contributed by atoms with Crippen molar-refractivity contribution in [3.8, 4) is 5.75 Å². The molecule has 7 heteroatoms. The van der Waals surface area contributed by atoms with E-state index in [0.29, 0.717) is 31.6 Å². The van der Waals surface area contributed by atoms with Gasteiger partial charge in [-0.15, -0.1) is 0 Å². The first-order chi connectivity index (χ1) is 19.3. The van der Waals surface area contributed by atoms with Gasteiger partial charge in [-0.2, -0.15) is 0 Å². The molecule has 0 heterocycles. The second-order valence-electron chi connectivity index (χ2n) is 10.7. The van der Waals surface area contributed by atoms with E-state index >= 15 is 0 Å². The lowest BCUT2D eigenvalue weighted by Crippen LogP contribution is -2.53. The third-order valence-electron chi connectivity index (χ3n) is 7.91. The number of carbonyl (C=O) groups excluding carboxylic acids is 2. The van der Waals surface area contributed by atoms with Gasteiger partial charge in [0.25, 0.3) is 0 Å². The van der Waals surface area contributed by atoms with E-state index in [4.69, 9.17) is 10.5 Å². The first-order valence-corrected chi connectivity index (χ1v) is 14.3. The first-order valence-electron chi connectivity index (χ1n) is 14.3. The van der Waals surface area contributed by atoms with Crippen molar-refractivity contribution >= 4 is 11.8 Å². The SMILES string of the molecule is CCCN(CCC)C(=O)C1=CC=C(C)C(C(N)=O)(C(Cc2ccccc2)C(O)CNCc2cccc(OC)c2)C1. The Labute approximate surface area is 239 Å². The molecule has 7 nitrogen and oxygen atoms in total. The molecular weight excluding hydrogens is 502 g/mol. The normalized spacial score (nSPS) is 18.3. The van der Waals surface area contributed by atoms with Crippen LogP contribution in [0.25, 0.3) is 0 Å². The fourth-order valence-corrected chi connectivity index (χ4v) is 5.76. The number of nitrogens with one attached hydrogen (secondary N) is 1. The summed E-state index contributed by atoms with van der Waals surface area (Å²) >= 11 is 0. The van der Waals surface area contributed by atoms with Crippen molar-refractivity contribution in [2.24, 2.45) is 17.1 Å². The largest absolute Gasteiger partial charge is 0.497 e. The van der Waals surface area contributed by atoms with Crippen LogP contribution < -0.4 is 15.8 Å². The number of nitrogens with two attached hydrogens (primary N) is 1. The van der Waals surface area contributed by atoms with Crippen LogP contribution in [0.1, 0.15) is 51.2 Å². The van der Waals surface area contributed by atoms with Gasteiger partial charge >= 0.3 is 0 Å². The lowest BCUT2D eigenvalue weighted by Gasteiger charge is -2.44. The quantitative estimate of drug-likeness (QED) is 0.307. The van der Waals surface area contributed by atoms with Crippen LogP contribution in [0.3, 0.4) is 0 Å². The summed E-state index contributed by atoms with van der Waals surface area (Å²) in [6.45, 7) is 8.06. The van der Waals surface area contributed by atoms with Crippen LogP contribution in [0.2, 0.25) is 0 Å². The number of aliphatic hydroxyl groups excluding tert-OH is 1. The van der Waals surface area contributed by atoms with Crippen LogP contribution in [-0.2, 0) is 22.6 Å². The number of allylic oxidation sites excluding steroid dienone is 2. The molecular formula is C33H45N3O4. The van der Waals surface area contributed by atoms with Gasteiger partial charge in [-0.05, 0) is 55.9 Å². The van der Waals surface area contributed by atoms with Crippen LogP contribution in [0, 0.1) is 11.3 Å². The fourth-order valence-electron chi connectivity index (χ4n) is 5.76. The molecule has 4 N–H and O–H groups in total. The number of primary amides is 1. The molecule has 2 aromatic rings. The number of nitrogens with zero attached hydrogens (tertiary/aromatic N) is 1. The molecule has 1 aliphatic carbocycles. The molecule has 3 atom stereocenters. The smallest absolute Gasteiger partial charge is 0.249 e. The van der Waals surface area contributed by atoms with Crippen LogP contribution in [0.5, 0.6) is 5.75 Å². The summed E-state index contributed by atoms with van der Waals surface area (Å²) in [5.74, 6) is -0.377. The molecule has 0 spiro atoms. The zero-order valence-electron chi connectivity index (χ0n) is 24.4. The highest BCUT2D eigenvalue weighted by atomic mass is 16.5. The highest BCUT2D eigenvalue weighted by molar-refractivity contribution is 5.97. The topological polar surface area (TPSA) is 105 Å². The molecule has 40 heavy (non-hydrogen) atoms. The predicted molar refractivity (Wildman–Crippen MR) is 160 cm³/mol. The van der Waals surface area contributed by atoms with Gasteiger partial charge in [0.15, 0.2) is 0 Å². The molecule has 0 aromatic heterocycles. The maximum atomic E-state index is 13.6. The number of hydrogen-bond acceptors (Lipinski definition) is 5. The summed E-state index contributed by atoms with van der Waals surface area (Å²) in [4.78, 5) is 28.9. The average molecular weight is 548 g/mol. The number of amides is 2. The number of ether oxygens (including phenoxy) is 1. The van der Waals surface area contributed by atoms with E-state index in [9.17, 15) is 14.7 Å². The average Bonchev–Trinajstić information content (AvgIpc) is 2.96. The molecule has 0 saturated heterocycles. The minimum atomic E-state index is -1.21. The van der Waals surface area contributed by atoms with Crippen molar-refractivity contribution in [1.82, 2.24) is 10.2 Å². The van der Waals surface area contributed by atoms with Gasteiger partial charge < -0.3 is 25.8 Å². The Morgan fingerprint density at radius 2 is 1.73 bits per heavy atom. The van der Waals surface area contributed by atoms with Gasteiger partial charge in [-0.25, -0.2) is 0 Å². The zero-order valence-corrected chi connectivity index (χ0v) is 24.4. The number of rotatable bonds is 15.